The van der Waals surface area contributed by atoms with Gasteiger partial charge in [-0.25, -0.2) is 0 Å². The third-order valence-corrected chi connectivity index (χ3v) is 5.59. The van der Waals surface area contributed by atoms with Crippen molar-refractivity contribution in [1.29, 1.82) is 0 Å². The molecular formula is C23H27NO4. The predicted molar refractivity (Wildman–Crippen MR) is 106 cm³/mol. The zero-order valence-corrected chi connectivity index (χ0v) is 16.1. The molecule has 2 aromatic rings. The Morgan fingerprint density at radius 3 is 2.82 bits per heavy atom. The number of para-hydroxylation sites is 1. The predicted octanol–water partition coefficient (Wildman–Crippen LogP) is 3.47. The van der Waals surface area contributed by atoms with Gasteiger partial charge in [-0.05, 0) is 61.4 Å². The van der Waals surface area contributed by atoms with Gasteiger partial charge < -0.3 is 19.5 Å². The topological polar surface area (TPSA) is 59.0 Å². The zero-order valence-electron chi connectivity index (χ0n) is 16.1. The van der Waals surface area contributed by atoms with E-state index in [2.05, 4.69) is 12.1 Å². The summed E-state index contributed by atoms with van der Waals surface area (Å²) < 4.78 is 11.5. The Hall–Kier alpha value is -2.53. The van der Waals surface area contributed by atoms with Crippen LogP contribution in [0.1, 0.15) is 36.0 Å². The van der Waals surface area contributed by atoms with Gasteiger partial charge in [-0.2, -0.15) is 0 Å². The van der Waals surface area contributed by atoms with Gasteiger partial charge in [-0.3, -0.25) is 4.79 Å². The van der Waals surface area contributed by atoms with Crippen molar-refractivity contribution in [2.45, 2.75) is 44.8 Å². The molecule has 28 heavy (non-hydrogen) atoms. The van der Waals surface area contributed by atoms with Crippen LogP contribution >= 0.6 is 0 Å². The fourth-order valence-corrected chi connectivity index (χ4v) is 4.01. The highest BCUT2D eigenvalue weighted by molar-refractivity contribution is 5.78. The summed E-state index contributed by atoms with van der Waals surface area (Å²) in [6.07, 6.45) is 5.43. The highest BCUT2D eigenvalue weighted by Crippen LogP contribution is 2.26. The fraction of sp³-hybridized carbons (Fsp3) is 0.435. The van der Waals surface area contributed by atoms with Crippen LogP contribution in [0.15, 0.2) is 42.5 Å². The van der Waals surface area contributed by atoms with E-state index in [0.717, 1.165) is 43.6 Å². The minimum atomic E-state index is -0.0979. The van der Waals surface area contributed by atoms with E-state index in [-0.39, 0.29) is 24.4 Å². The second-order valence-corrected chi connectivity index (χ2v) is 7.61. The molecule has 1 amide bonds. The number of carbonyl (C=O) groups is 1. The van der Waals surface area contributed by atoms with Crippen LogP contribution in [0.4, 0.5) is 0 Å². The third kappa shape index (κ3) is 4.47. The molecule has 0 radical (unpaired) electrons. The first-order chi connectivity index (χ1) is 13.7. The van der Waals surface area contributed by atoms with Crippen LogP contribution < -0.4 is 4.74 Å². The highest BCUT2D eigenvalue weighted by Gasteiger charge is 2.24. The molecule has 5 heteroatoms. The molecule has 4 rings (SSSR count). The summed E-state index contributed by atoms with van der Waals surface area (Å²) in [6, 6.07) is 13.2. The molecule has 1 unspecified atom stereocenters. The molecule has 2 aromatic carbocycles. The number of carbonyl (C=O) groups excluding carboxylic acids is 1. The van der Waals surface area contributed by atoms with Crippen LogP contribution in [0, 0.1) is 0 Å². The molecule has 1 atom stereocenters. The summed E-state index contributed by atoms with van der Waals surface area (Å²) in [5, 5.41) is 10.1. The first-order valence-electron chi connectivity index (χ1n) is 10.1. The average Bonchev–Trinajstić information content (AvgIpc) is 3.38. The van der Waals surface area contributed by atoms with Gasteiger partial charge in [0.05, 0.1) is 6.10 Å². The molecule has 1 N–H and O–H groups in total. The fourth-order valence-electron chi connectivity index (χ4n) is 4.01. The van der Waals surface area contributed by atoms with Crippen molar-refractivity contribution in [3.8, 4) is 11.5 Å². The van der Waals surface area contributed by atoms with Gasteiger partial charge in [-0.1, -0.05) is 24.3 Å². The SMILES string of the molecule is O=C(COc1ccc2c(c1)CCC2)N(Cc1ccccc1O)CC1CCCO1. The van der Waals surface area contributed by atoms with E-state index in [4.69, 9.17) is 9.47 Å². The van der Waals surface area contributed by atoms with Gasteiger partial charge in [0.15, 0.2) is 6.61 Å². The molecular weight excluding hydrogens is 354 g/mol. The van der Waals surface area contributed by atoms with E-state index in [0.29, 0.717) is 13.1 Å². The number of phenols is 1. The first kappa shape index (κ1) is 18.8. The summed E-state index contributed by atoms with van der Waals surface area (Å²) in [4.78, 5) is 14.7. The number of nitrogens with zero attached hydrogens (tertiary/aromatic N) is 1. The minimum Gasteiger partial charge on any atom is -0.508 e. The van der Waals surface area contributed by atoms with E-state index in [9.17, 15) is 9.90 Å². The molecule has 1 aliphatic heterocycles. The van der Waals surface area contributed by atoms with E-state index >= 15 is 0 Å². The molecule has 148 valence electrons. The molecule has 0 aromatic heterocycles. The van der Waals surface area contributed by atoms with Crippen LogP contribution in [0.25, 0.3) is 0 Å². The quantitative estimate of drug-likeness (QED) is 0.798. The van der Waals surface area contributed by atoms with Crippen LogP contribution in [-0.4, -0.2) is 41.8 Å². The number of benzene rings is 2. The third-order valence-electron chi connectivity index (χ3n) is 5.59. The van der Waals surface area contributed by atoms with E-state index in [1.54, 1.807) is 17.0 Å². The lowest BCUT2D eigenvalue weighted by atomic mass is 10.1. The second-order valence-electron chi connectivity index (χ2n) is 7.61. The van der Waals surface area contributed by atoms with Crippen molar-refractivity contribution in [2.75, 3.05) is 19.8 Å². The summed E-state index contributed by atoms with van der Waals surface area (Å²) in [5.41, 5.74) is 3.44. The Bertz CT molecular complexity index is 829. The Kier molecular flexibility index (Phi) is 5.81. The lowest BCUT2D eigenvalue weighted by Gasteiger charge is -2.26. The van der Waals surface area contributed by atoms with Gasteiger partial charge in [0.1, 0.15) is 11.5 Å². The van der Waals surface area contributed by atoms with E-state index in [1.165, 1.54) is 17.5 Å². The first-order valence-corrected chi connectivity index (χ1v) is 10.1. The largest absolute Gasteiger partial charge is 0.508 e. The molecule has 1 aliphatic carbocycles. The number of aryl methyl sites for hydroxylation is 2. The van der Waals surface area contributed by atoms with Gasteiger partial charge in [-0.15, -0.1) is 0 Å². The Labute approximate surface area is 165 Å². The lowest BCUT2D eigenvalue weighted by Crippen LogP contribution is -2.39. The zero-order chi connectivity index (χ0) is 19.3. The number of phenolic OH excluding ortho intramolecular Hbond substituents is 1. The normalized spacial score (nSPS) is 18.1. The maximum absolute atomic E-state index is 12.9. The van der Waals surface area contributed by atoms with Gasteiger partial charge in [0.2, 0.25) is 0 Å². The van der Waals surface area contributed by atoms with Gasteiger partial charge in [0, 0.05) is 25.3 Å². The number of aromatic hydroxyl groups is 1. The van der Waals surface area contributed by atoms with Crippen molar-refractivity contribution in [3.63, 3.8) is 0 Å². The highest BCUT2D eigenvalue weighted by atomic mass is 16.5. The standard InChI is InChI=1S/C23H27NO4/c25-22-9-2-1-5-19(22)14-24(15-21-8-4-12-27-21)23(26)16-28-20-11-10-17-6-3-7-18(17)13-20/h1-2,5,9-11,13,21,25H,3-4,6-8,12,14-16H2. The number of hydrogen-bond donors (Lipinski definition) is 1. The number of hydrogen-bond acceptors (Lipinski definition) is 4. The monoisotopic (exact) mass is 381 g/mol. The van der Waals surface area contributed by atoms with Crippen molar-refractivity contribution in [1.82, 2.24) is 4.90 Å². The smallest absolute Gasteiger partial charge is 0.260 e. The summed E-state index contributed by atoms with van der Waals surface area (Å²) >= 11 is 0. The van der Waals surface area contributed by atoms with E-state index < -0.39 is 0 Å². The van der Waals surface area contributed by atoms with Crippen molar-refractivity contribution in [2.24, 2.45) is 0 Å². The number of rotatable bonds is 7. The second kappa shape index (κ2) is 8.65. The summed E-state index contributed by atoms with van der Waals surface area (Å²) in [5.74, 6) is 0.847. The lowest BCUT2D eigenvalue weighted by molar-refractivity contribution is -0.135. The van der Waals surface area contributed by atoms with E-state index in [1.807, 2.05) is 18.2 Å². The molecule has 1 heterocycles. The molecule has 5 nitrogen and oxygen atoms in total. The maximum Gasteiger partial charge on any atom is 0.260 e. The molecule has 1 saturated heterocycles. The van der Waals surface area contributed by atoms with Crippen LogP contribution in [-0.2, 0) is 28.9 Å². The van der Waals surface area contributed by atoms with Gasteiger partial charge >= 0.3 is 0 Å². The molecule has 2 aliphatic rings. The molecule has 0 bridgehead atoms. The maximum atomic E-state index is 12.9. The number of fused-ring (bicyclic) bond motifs is 1. The summed E-state index contributed by atoms with van der Waals surface area (Å²) in [7, 11) is 0. The minimum absolute atomic E-state index is 0.0148. The Morgan fingerprint density at radius 2 is 2.00 bits per heavy atom. The summed E-state index contributed by atoms with van der Waals surface area (Å²) in [6.45, 7) is 1.59. The Balaban J connectivity index is 1.42. The number of ether oxygens (including phenoxy) is 2. The van der Waals surface area contributed by atoms with Crippen molar-refractivity contribution < 1.29 is 19.4 Å². The van der Waals surface area contributed by atoms with Crippen LogP contribution in [0.5, 0.6) is 11.5 Å². The van der Waals surface area contributed by atoms with Crippen LogP contribution in [0.3, 0.4) is 0 Å². The Morgan fingerprint density at radius 1 is 1.14 bits per heavy atom. The average molecular weight is 381 g/mol. The molecule has 1 fully saturated rings. The molecule has 0 spiro atoms. The number of amides is 1. The van der Waals surface area contributed by atoms with Crippen molar-refractivity contribution in [3.05, 3.63) is 59.2 Å². The van der Waals surface area contributed by atoms with Crippen LogP contribution in [0.2, 0.25) is 0 Å². The van der Waals surface area contributed by atoms with Gasteiger partial charge in [0.25, 0.3) is 5.91 Å². The van der Waals surface area contributed by atoms with Crippen molar-refractivity contribution >= 4 is 5.91 Å². The molecule has 0 saturated carbocycles.